The fourth-order valence-corrected chi connectivity index (χ4v) is 3.48. The standard InChI is InChI=1S/C15H30N2O/c1-12-5-7-15(10-16,9-13(12)2)17-11-14(3)6-4-8-18-14/h12-13,17H,4-11,16H2,1-3H3. The third-order valence-electron chi connectivity index (χ3n) is 5.29. The summed E-state index contributed by atoms with van der Waals surface area (Å²) in [4.78, 5) is 0. The molecule has 0 aromatic rings. The van der Waals surface area contributed by atoms with Gasteiger partial charge in [-0.15, -0.1) is 0 Å². The summed E-state index contributed by atoms with van der Waals surface area (Å²) in [6.45, 7) is 9.58. The van der Waals surface area contributed by atoms with E-state index in [1.807, 2.05) is 0 Å². The third-order valence-corrected chi connectivity index (χ3v) is 5.29. The molecule has 3 N–H and O–H groups in total. The van der Waals surface area contributed by atoms with E-state index in [1.54, 1.807) is 0 Å². The van der Waals surface area contributed by atoms with E-state index in [0.717, 1.165) is 31.5 Å². The van der Waals surface area contributed by atoms with Crippen LogP contribution in [-0.4, -0.2) is 30.8 Å². The maximum atomic E-state index is 6.07. The number of nitrogens with two attached hydrogens (primary N) is 1. The summed E-state index contributed by atoms with van der Waals surface area (Å²) in [5, 5.41) is 3.77. The van der Waals surface area contributed by atoms with Crippen LogP contribution in [0.5, 0.6) is 0 Å². The molecule has 0 aromatic carbocycles. The van der Waals surface area contributed by atoms with Gasteiger partial charge in [0.05, 0.1) is 5.60 Å². The molecule has 4 atom stereocenters. The molecular formula is C15H30N2O. The Morgan fingerprint density at radius 2 is 2.06 bits per heavy atom. The Hall–Kier alpha value is -0.120. The molecule has 0 spiro atoms. The van der Waals surface area contributed by atoms with Crippen LogP contribution in [0.15, 0.2) is 0 Å². The molecule has 4 unspecified atom stereocenters. The molecule has 1 heterocycles. The van der Waals surface area contributed by atoms with Gasteiger partial charge in [0.1, 0.15) is 0 Å². The first kappa shape index (κ1) is 14.3. The topological polar surface area (TPSA) is 47.3 Å². The first-order chi connectivity index (χ1) is 8.49. The molecule has 2 aliphatic rings. The highest BCUT2D eigenvalue weighted by molar-refractivity contribution is 4.97. The second-order valence-corrected chi connectivity index (χ2v) is 6.94. The Labute approximate surface area is 112 Å². The number of rotatable bonds is 4. The highest BCUT2D eigenvalue weighted by Crippen LogP contribution is 2.36. The number of ether oxygens (including phenoxy) is 1. The maximum Gasteiger partial charge on any atom is 0.0779 e. The Morgan fingerprint density at radius 3 is 2.61 bits per heavy atom. The monoisotopic (exact) mass is 254 g/mol. The van der Waals surface area contributed by atoms with Gasteiger partial charge in [0.2, 0.25) is 0 Å². The molecule has 3 heteroatoms. The minimum absolute atomic E-state index is 0.0362. The molecule has 3 nitrogen and oxygen atoms in total. The van der Waals surface area contributed by atoms with E-state index in [9.17, 15) is 0 Å². The summed E-state index contributed by atoms with van der Waals surface area (Å²) in [6, 6.07) is 0. The van der Waals surface area contributed by atoms with Crippen LogP contribution in [0.4, 0.5) is 0 Å². The summed E-state index contributed by atoms with van der Waals surface area (Å²) >= 11 is 0. The van der Waals surface area contributed by atoms with Crippen LogP contribution < -0.4 is 11.1 Å². The van der Waals surface area contributed by atoms with Crippen molar-refractivity contribution in [3.63, 3.8) is 0 Å². The van der Waals surface area contributed by atoms with E-state index in [4.69, 9.17) is 10.5 Å². The average Bonchev–Trinajstić information content (AvgIpc) is 2.79. The van der Waals surface area contributed by atoms with Crippen molar-refractivity contribution >= 4 is 0 Å². The van der Waals surface area contributed by atoms with Gasteiger partial charge in [0.15, 0.2) is 0 Å². The molecule has 0 bridgehead atoms. The molecular weight excluding hydrogens is 224 g/mol. The van der Waals surface area contributed by atoms with Crippen molar-refractivity contribution in [2.24, 2.45) is 17.6 Å². The molecule has 0 amide bonds. The molecule has 1 saturated carbocycles. The summed E-state index contributed by atoms with van der Waals surface area (Å²) in [6.07, 6.45) is 6.09. The molecule has 106 valence electrons. The van der Waals surface area contributed by atoms with Crippen molar-refractivity contribution in [2.45, 2.75) is 64.0 Å². The van der Waals surface area contributed by atoms with E-state index in [-0.39, 0.29) is 11.1 Å². The van der Waals surface area contributed by atoms with Crippen molar-refractivity contribution in [2.75, 3.05) is 19.7 Å². The number of hydrogen-bond acceptors (Lipinski definition) is 3. The summed E-state index contributed by atoms with van der Waals surface area (Å²) in [7, 11) is 0. The van der Waals surface area contributed by atoms with E-state index >= 15 is 0 Å². The highest BCUT2D eigenvalue weighted by atomic mass is 16.5. The molecule has 2 fully saturated rings. The molecule has 1 aliphatic carbocycles. The Morgan fingerprint density at radius 1 is 1.28 bits per heavy atom. The zero-order valence-electron chi connectivity index (χ0n) is 12.3. The van der Waals surface area contributed by atoms with Crippen LogP contribution >= 0.6 is 0 Å². The maximum absolute atomic E-state index is 6.07. The van der Waals surface area contributed by atoms with Crippen LogP contribution in [0.25, 0.3) is 0 Å². The molecule has 1 aliphatic heterocycles. The van der Waals surface area contributed by atoms with Crippen molar-refractivity contribution in [1.82, 2.24) is 5.32 Å². The van der Waals surface area contributed by atoms with Crippen molar-refractivity contribution < 1.29 is 4.74 Å². The second-order valence-electron chi connectivity index (χ2n) is 6.94. The minimum Gasteiger partial charge on any atom is -0.374 e. The van der Waals surface area contributed by atoms with Gasteiger partial charge in [-0.05, 0) is 50.9 Å². The van der Waals surface area contributed by atoms with Gasteiger partial charge in [-0.1, -0.05) is 13.8 Å². The molecule has 0 aromatic heterocycles. The van der Waals surface area contributed by atoms with Crippen LogP contribution in [0.1, 0.15) is 52.9 Å². The van der Waals surface area contributed by atoms with Gasteiger partial charge in [-0.3, -0.25) is 0 Å². The number of nitrogens with one attached hydrogen (secondary N) is 1. The van der Waals surface area contributed by atoms with Crippen LogP contribution in [0.2, 0.25) is 0 Å². The lowest BCUT2D eigenvalue weighted by Gasteiger charge is -2.44. The van der Waals surface area contributed by atoms with E-state index in [2.05, 4.69) is 26.1 Å². The van der Waals surface area contributed by atoms with Gasteiger partial charge in [-0.2, -0.15) is 0 Å². The van der Waals surface area contributed by atoms with Gasteiger partial charge in [-0.25, -0.2) is 0 Å². The molecule has 0 radical (unpaired) electrons. The summed E-state index contributed by atoms with van der Waals surface area (Å²) < 4.78 is 5.87. The van der Waals surface area contributed by atoms with Crippen molar-refractivity contribution in [1.29, 1.82) is 0 Å². The quantitative estimate of drug-likeness (QED) is 0.809. The van der Waals surface area contributed by atoms with Crippen molar-refractivity contribution in [3.8, 4) is 0 Å². The fraction of sp³-hybridized carbons (Fsp3) is 1.00. The molecule has 1 saturated heterocycles. The second kappa shape index (κ2) is 5.48. The van der Waals surface area contributed by atoms with Gasteiger partial charge in [0, 0.05) is 25.2 Å². The van der Waals surface area contributed by atoms with Crippen molar-refractivity contribution in [3.05, 3.63) is 0 Å². The lowest BCUT2D eigenvalue weighted by molar-refractivity contribution is 0.00861. The predicted molar refractivity (Wildman–Crippen MR) is 75.6 cm³/mol. The van der Waals surface area contributed by atoms with Gasteiger partial charge >= 0.3 is 0 Å². The summed E-state index contributed by atoms with van der Waals surface area (Å²) in [5.41, 5.74) is 6.26. The first-order valence-corrected chi connectivity index (χ1v) is 7.58. The van der Waals surface area contributed by atoms with E-state index < -0.39 is 0 Å². The Kier molecular flexibility index (Phi) is 4.35. The largest absolute Gasteiger partial charge is 0.374 e. The van der Waals surface area contributed by atoms with Crippen LogP contribution in [-0.2, 0) is 4.74 Å². The van der Waals surface area contributed by atoms with E-state index in [1.165, 1.54) is 32.1 Å². The Bertz CT molecular complexity index is 276. The Balaban J connectivity index is 1.92. The zero-order valence-corrected chi connectivity index (χ0v) is 12.3. The van der Waals surface area contributed by atoms with Crippen LogP contribution in [0, 0.1) is 11.8 Å². The third kappa shape index (κ3) is 3.06. The lowest BCUT2D eigenvalue weighted by Crippen LogP contribution is -2.58. The SMILES string of the molecule is CC1CCC(CN)(NCC2(C)CCCO2)CC1C. The number of hydrogen-bond donors (Lipinski definition) is 2. The predicted octanol–water partition coefficient (Wildman–Crippen LogP) is 2.30. The summed E-state index contributed by atoms with van der Waals surface area (Å²) in [5.74, 6) is 1.61. The highest BCUT2D eigenvalue weighted by Gasteiger charge is 2.39. The zero-order chi connectivity index (χ0) is 13.2. The lowest BCUT2D eigenvalue weighted by atomic mass is 9.71. The van der Waals surface area contributed by atoms with Gasteiger partial charge < -0.3 is 15.8 Å². The first-order valence-electron chi connectivity index (χ1n) is 7.58. The van der Waals surface area contributed by atoms with Crippen LogP contribution in [0.3, 0.4) is 0 Å². The average molecular weight is 254 g/mol. The molecule has 18 heavy (non-hydrogen) atoms. The fourth-order valence-electron chi connectivity index (χ4n) is 3.48. The van der Waals surface area contributed by atoms with Gasteiger partial charge in [0.25, 0.3) is 0 Å². The van der Waals surface area contributed by atoms with E-state index in [0.29, 0.717) is 0 Å². The molecule has 2 rings (SSSR count). The minimum atomic E-state index is 0.0362. The normalized spacial score (nSPS) is 45.3. The smallest absolute Gasteiger partial charge is 0.0779 e.